The van der Waals surface area contributed by atoms with E-state index in [0.717, 1.165) is 30.2 Å². The number of rotatable bonds is 8. The van der Waals surface area contributed by atoms with Crippen LogP contribution in [0.2, 0.25) is 0 Å². The molecule has 3 N–H and O–H groups in total. The molecule has 0 saturated carbocycles. The van der Waals surface area contributed by atoms with E-state index in [1.807, 2.05) is 37.3 Å². The minimum absolute atomic E-state index is 0.0898. The van der Waals surface area contributed by atoms with Crippen LogP contribution in [0.5, 0.6) is 0 Å². The number of sulfonamides is 1. The van der Waals surface area contributed by atoms with Gasteiger partial charge in [-0.2, -0.15) is 0 Å². The van der Waals surface area contributed by atoms with Gasteiger partial charge in [0.2, 0.25) is 10.0 Å². The normalized spacial score (nSPS) is 13.4. The third-order valence-corrected chi connectivity index (χ3v) is 5.34. The average molecular weight is 422 g/mol. The van der Waals surface area contributed by atoms with E-state index in [1.54, 1.807) is 0 Å². The van der Waals surface area contributed by atoms with Crippen LogP contribution in [0.4, 0.5) is 4.39 Å². The van der Waals surface area contributed by atoms with Crippen LogP contribution < -0.4 is 10.5 Å². The summed E-state index contributed by atoms with van der Waals surface area (Å²) in [5.41, 5.74) is 0.453. The third kappa shape index (κ3) is 6.10. The molecule has 2 rings (SSSR count). The van der Waals surface area contributed by atoms with Gasteiger partial charge in [-0.3, -0.25) is 4.79 Å². The number of carbonyl (C=O) groups excluding carboxylic acids is 2. The second kappa shape index (κ2) is 9.62. The molecule has 2 aromatic rings. The molecular weight excluding hydrogens is 399 g/mol. The van der Waals surface area contributed by atoms with Crippen LogP contribution in [0.3, 0.4) is 0 Å². The number of nitrogens with two attached hydrogens (primary N) is 1. The van der Waals surface area contributed by atoms with E-state index in [1.165, 1.54) is 6.92 Å². The van der Waals surface area contributed by atoms with Crippen LogP contribution in [0, 0.1) is 5.82 Å². The molecule has 0 aliphatic heterocycles. The molecule has 0 unspecified atom stereocenters. The van der Waals surface area contributed by atoms with Crippen molar-refractivity contribution in [2.24, 2.45) is 5.14 Å². The molecule has 0 aromatic heterocycles. The van der Waals surface area contributed by atoms with Crippen LogP contribution in [0.1, 0.15) is 42.1 Å². The number of amides is 1. The van der Waals surface area contributed by atoms with Crippen LogP contribution >= 0.6 is 0 Å². The molecular formula is C20H23FN2O5S. The molecule has 0 aliphatic rings. The maximum Gasteiger partial charge on any atom is 0.341 e. The number of primary sulfonamides is 1. The fourth-order valence-corrected chi connectivity index (χ4v) is 3.25. The first-order chi connectivity index (χ1) is 13.6. The van der Waals surface area contributed by atoms with E-state index in [0.29, 0.717) is 6.54 Å². The lowest BCUT2D eigenvalue weighted by Gasteiger charge is -2.18. The first kappa shape index (κ1) is 22.5. The van der Waals surface area contributed by atoms with Gasteiger partial charge in [0.15, 0.2) is 6.10 Å². The predicted molar refractivity (Wildman–Crippen MR) is 105 cm³/mol. The van der Waals surface area contributed by atoms with E-state index in [4.69, 9.17) is 9.88 Å². The van der Waals surface area contributed by atoms with E-state index in [9.17, 15) is 22.4 Å². The maximum atomic E-state index is 13.9. The number of hydrogen-bond acceptors (Lipinski definition) is 5. The smallest absolute Gasteiger partial charge is 0.341 e. The summed E-state index contributed by atoms with van der Waals surface area (Å²) in [6.45, 7) is 3.68. The SMILES string of the molecule is CC[C@H](CNC(=O)[C@H](C)OC(=O)c1cc(S(N)(=O)=O)ccc1F)c1ccccc1. The Kier molecular flexibility index (Phi) is 7.46. The van der Waals surface area contributed by atoms with Crippen molar-refractivity contribution in [1.29, 1.82) is 0 Å². The molecule has 7 nitrogen and oxygen atoms in total. The molecule has 0 heterocycles. The van der Waals surface area contributed by atoms with Gasteiger partial charge in [-0.05, 0) is 37.1 Å². The number of esters is 1. The van der Waals surface area contributed by atoms with Gasteiger partial charge in [-0.15, -0.1) is 0 Å². The summed E-state index contributed by atoms with van der Waals surface area (Å²) in [5.74, 6) is -2.60. The van der Waals surface area contributed by atoms with Gasteiger partial charge < -0.3 is 10.1 Å². The Hall–Kier alpha value is -2.78. The fourth-order valence-electron chi connectivity index (χ4n) is 2.71. The van der Waals surface area contributed by atoms with Gasteiger partial charge in [0.05, 0.1) is 10.5 Å². The molecule has 0 fully saturated rings. The van der Waals surface area contributed by atoms with Crippen molar-refractivity contribution in [2.45, 2.75) is 37.2 Å². The van der Waals surface area contributed by atoms with Gasteiger partial charge >= 0.3 is 5.97 Å². The molecule has 0 radical (unpaired) electrons. The summed E-state index contributed by atoms with van der Waals surface area (Å²) in [6.07, 6.45) is -0.405. The lowest BCUT2D eigenvalue weighted by molar-refractivity contribution is -0.129. The molecule has 0 aliphatic carbocycles. The number of nitrogens with one attached hydrogen (secondary N) is 1. The van der Waals surface area contributed by atoms with Crippen molar-refractivity contribution < 1.29 is 27.1 Å². The quantitative estimate of drug-likeness (QED) is 0.634. The van der Waals surface area contributed by atoms with E-state index < -0.39 is 44.3 Å². The van der Waals surface area contributed by atoms with Crippen LogP contribution in [0.15, 0.2) is 53.4 Å². The first-order valence-electron chi connectivity index (χ1n) is 8.99. The average Bonchev–Trinajstić information content (AvgIpc) is 2.68. The third-order valence-electron chi connectivity index (χ3n) is 4.43. The number of benzene rings is 2. The Morgan fingerprint density at radius 1 is 1.17 bits per heavy atom. The second-order valence-corrected chi connectivity index (χ2v) is 8.06. The molecule has 29 heavy (non-hydrogen) atoms. The van der Waals surface area contributed by atoms with Gasteiger partial charge in [0.1, 0.15) is 5.82 Å². The summed E-state index contributed by atoms with van der Waals surface area (Å²) >= 11 is 0. The Bertz CT molecular complexity index is 980. The molecule has 0 spiro atoms. The van der Waals surface area contributed by atoms with Crippen LogP contribution in [0.25, 0.3) is 0 Å². The van der Waals surface area contributed by atoms with Gasteiger partial charge in [0, 0.05) is 12.5 Å². The largest absolute Gasteiger partial charge is 0.449 e. The second-order valence-electron chi connectivity index (χ2n) is 6.50. The van der Waals surface area contributed by atoms with E-state index >= 15 is 0 Å². The molecule has 9 heteroatoms. The summed E-state index contributed by atoms with van der Waals surface area (Å²) < 4.78 is 41.7. The summed E-state index contributed by atoms with van der Waals surface area (Å²) in [7, 11) is -4.12. The fraction of sp³-hybridized carbons (Fsp3) is 0.300. The highest BCUT2D eigenvalue weighted by Gasteiger charge is 2.23. The zero-order chi connectivity index (χ0) is 21.6. The first-order valence-corrected chi connectivity index (χ1v) is 10.5. The summed E-state index contributed by atoms with van der Waals surface area (Å²) in [5, 5.41) is 7.70. The number of halogens is 1. The molecule has 2 aromatic carbocycles. The minimum Gasteiger partial charge on any atom is -0.449 e. The van der Waals surface area contributed by atoms with E-state index in [2.05, 4.69) is 5.32 Å². The maximum absolute atomic E-state index is 13.9. The van der Waals surface area contributed by atoms with E-state index in [-0.39, 0.29) is 5.92 Å². The molecule has 2 atom stereocenters. The van der Waals surface area contributed by atoms with Gasteiger partial charge in [-0.25, -0.2) is 22.7 Å². The van der Waals surface area contributed by atoms with Crippen molar-refractivity contribution in [3.8, 4) is 0 Å². The lowest BCUT2D eigenvalue weighted by atomic mass is 9.96. The summed E-state index contributed by atoms with van der Waals surface area (Å²) in [4.78, 5) is 24.0. The number of hydrogen-bond donors (Lipinski definition) is 2. The lowest BCUT2D eigenvalue weighted by Crippen LogP contribution is -2.38. The molecule has 0 saturated heterocycles. The van der Waals surface area contributed by atoms with Gasteiger partial charge in [0.25, 0.3) is 5.91 Å². The number of ether oxygens (including phenoxy) is 1. The molecule has 156 valence electrons. The highest BCUT2D eigenvalue weighted by molar-refractivity contribution is 7.89. The minimum atomic E-state index is -4.12. The van der Waals surface area contributed by atoms with Gasteiger partial charge in [-0.1, -0.05) is 37.3 Å². The Morgan fingerprint density at radius 3 is 2.41 bits per heavy atom. The van der Waals surface area contributed by atoms with Crippen molar-refractivity contribution >= 4 is 21.9 Å². The zero-order valence-electron chi connectivity index (χ0n) is 16.1. The van der Waals surface area contributed by atoms with Crippen molar-refractivity contribution in [1.82, 2.24) is 5.32 Å². The topological polar surface area (TPSA) is 116 Å². The van der Waals surface area contributed by atoms with Crippen molar-refractivity contribution in [3.63, 3.8) is 0 Å². The highest BCUT2D eigenvalue weighted by atomic mass is 32.2. The van der Waals surface area contributed by atoms with Crippen molar-refractivity contribution in [2.75, 3.05) is 6.54 Å². The standard InChI is InChI=1S/C20H23FN2O5S/c1-3-14(15-7-5-4-6-8-15)12-23-19(24)13(2)28-20(25)17-11-16(29(22,26)27)9-10-18(17)21/h4-11,13-14H,3,12H2,1-2H3,(H,23,24)(H2,22,26,27)/t13-,14+/m0/s1. The summed E-state index contributed by atoms with van der Waals surface area (Å²) in [6, 6.07) is 12.2. The van der Waals surface area contributed by atoms with Crippen molar-refractivity contribution in [3.05, 3.63) is 65.5 Å². The monoisotopic (exact) mass is 422 g/mol. The Labute approximate surface area is 169 Å². The molecule has 1 amide bonds. The highest BCUT2D eigenvalue weighted by Crippen LogP contribution is 2.18. The number of carbonyl (C=O) groups is 2. The van der Waals surface area contributed by atoms with Crippen LogP contribution in [-0.2, 0) is 19.6 Å². The van der Waals surface area contributed by atoms with Crippen LogP contribution in [-0.4, -0.2) is 32.9 Å². The Morgan fingerprint density at radius 2 is 1.83 bits per heavy atom. The Balaban J connectivity index is 2.01. The zero-order valence-corrected chi connectivity index (χ0v) is 16.9. The molecule has 0 bridgehead atoms. The predicted octanol–water partition coefficient (Wildman–Crippen LogP) is 2.33.